The fourth-order valence-electron chi connectivity index (χ4n) is 1.55. The molecule has 9 heteroatoms. The van der Waals surface area contributed by atoms with Crippen molar-refractivity contribution in [2.75, 3.05) is 25.1 Å². The van der Waals surface area contributed by atoms with E-state index in [9.17, 15) is 22.8 Å². The van der Waals surface area contributed by atoms with Crippen LogP contribution in [0.4, 0.5) is 18.9 Å². The van der Waals surface area contributed by atoms with Gasteiger partial charge in [-0.25, -0.2) is 13.2 Å². The zero-order chi connectivity index (χ0) is 16.1. The Morgan fingerprint density at radius 1 is 1.14 bits per heavy atom. The van der Waals surface area contributed by atoms with Crippen LogP contribution in [0.2, 0.25) is 0 Å². The standard InChI is InChI=1S/C13H11F3N2O4/c14-7-1-2-8(12(16)11(7)15)18-10(19)5-17-13(20)9-6-21-3-4-22-9/h1-2,6H,3-5H2,(H,17,20)(H,18,19). The third kappa shape index (κ3) is 3.68. The fourth-order valence-corrected chi connectivity index (χ4v) is 1.55. The summed E-state index contributed by atoms with van der Waals surface area (Å²) in [6, 6.07) is 1.54. The van der Waals surface area contributed by atoms with E-state index < -0.39 is 41.5 Å². The molecule has 1 aliphatic heterocycles. The SMILES string of the molecule is O=C(CNC(=O)C1=COCCO1)Nc1ccc(F)c(F)c1F. The highest BCUT2D eigenvalue weighted by atomic mass is 19.2. The van der Waals surface area contributed by atoms with Crippen LogP contribution in [-0.4, -0.2) is 31.6 Å². The summed E-state index contributed by atoms with van der Waals surface area (Å²) < 4.78 is 48.9. The summed E-state index contributed by atoms with van der Waals surface area (Å²) in [5, 5.41) is 4.21. The molecule has 0 saturated heterocycles. The molecule has 0 saturated carbocycles. The summed E-state index contributed by atoms with van der Waals surface area (Å²) >= 11 is 0. The number of anilines is 1. The zero-order valence-corrected chi connectivity index (χ0v) is 11.1. The maximum absolute atomic E-state index is 13.3. The van der Waals surface area contributed by atoms with Crippen molar-refractivity contribution >= 4 is 17.5 Å². The minimum absolute atomic E-state index is 0.0990. The second-order valence-electron chi connectivity index (χ2n) is 4.16. The van der Waals surface area contributed by atoms with Gasteiger partial charge < -0.3 is 20.1 Å². The Morgan fingerprint density at radius 3 is 2.59 bits per heavy atom. The molecule has 0 radical (unpaired) electrons. The lowest BCUT2D eigenvalue weighted by Crippen LogP contribution is -2.35. The first-order valence-electron chi connectivity index (χ1n) is 6.15. The number of hydrogen-bond acceptors (Lipinski definition) is 4. The Balaban J connectivity index is 1.89. The van der Waals surface area contributed by atoms with E-state index >= 15 is 0 Å². The van der Waals surface area contributed by atoms with E-state index in [0.29, 0.717) is 12.7 Å². The predicted octanol–water partition coefficient (Wildman–Crippen LogP) is 1.05. The molecule has 0 spiro atoms. The smallest absolute Gasteiger partial charge is 0.290 e. The van der Waals surface area contributed by atoms with E-state index in [-0.39, 0.29) is 12.4 Å². The number of hydrogen-bond donors (Lipinski definition) is 2. The Kier molecular flexibility index (Phi) is 4.87. The summed E-state index contributed by atoms with van der Waals surface area (Å²) in [4.78, 5) is 23.1. The summed E-state index contributed by atoms with van der Waals surface area (Å²) in [5.41, 5.74) is -0.533. The van der Waals surface area contributed by atoms with Gasteiger partial charge in [-0.1, -0.05) is 0 Å². The van der Waals surface area contributed by atoms with E-state index in [4.69, 9.17) is 9.47 Å². The van der Waals surface area contributed by atoms with Gasteiger partial charge in [0.1, 0.15) is 19.5 Å². The molecule has 2 amide bonds. The van der Waals surface area contributed by atoms with Crippen molar-refractivity contribution in [1.82, 2.24) is 5.32 Å². The largest absolute Gasteiger partial charge is 0.494 e. The van der Waals surface area contributed by atoms with E-state index in [1.807, 2.05) is 5.32 Å². The molecular weight excluding hydrogens is 305 g/mol. The molecule has 0 aliphatic carbocycles. The molecule has 2 N–H and O–H groups in total. The van der Waals surface area contributed by atoms with E-state index in [1.165, 1.54) is 0 Å². The third-order valence-corrected chi connectivity index (χ3v) is 2.59. The first-order valence-corrected chi connectivity index (χ1v) is 6.15. The highest BCUT2D eigenvalue weighted by molar-refractivity contribution is 5.98. The number of benzene rings is 1. The van der Waals surface area contributed by atoms with Gasteiger partial charge in [0.15, 0.2) is 17.5 Å². The second-order valence-corrected chi connectivity index (χ2v) is 4.16. The molecule has 0 fully saturated rings. The van der Waals surface area contributed by atoms with Crippen molar-refractivity contribution in [3.63, 3.8) is 0 Å². The van der Waals surface area contributed by atoms with Crippen molar-refractivity contribution in [3.8, 4) is 0 Å². The molecule has 2 rings (SSSR count). The highest BCUT2D eigenvalue weighted by Gasteiger charge is 2.18. The Morgan fingerprint density at radius 2 is 1.91 bits per heavy atom. The molecule has 1 aromatic carbocycles. The Hall–Kier alpha value is -2.71. The van der Waals surface area contributed by atoms with Gasteiger partial charge in [0, 0.05) is 0 Å². The number of halogens is 3. The first kappa shape index (κ1) is 15.7. The van der Waals surface area contributed by atoms with Crippen molar-refractivity contribution in [2.45, 2.75) is 0 Å². The molecule has 1 heterocycles. The topological polar surface area (TPSA) is 76.7 Å². The zero-order valence-electron chi connectivity index (χ0n) is 11.1. The summed E-state index contributed by atoms with van der Waals surface area (Å²) in [5.74, 6) is -6.20. The lowest BCUT2D eigenvalue weighted by Gasteiger charge is -2.15. The van der Waals surface area contributed by atoms with Gasteiger partial charge in [0.25, 0.3) is 5.91 Å². The van der Waals surface area contributed by atoms with Gasteiger partial charge >= 0.3 is 0 Å². The van der Waals surface area contributed by atoms with E-state index in [1.54, 1.807) is 0 Å². The number of carbonyl (C=O) groups excluding carboxylic acids is 2. The van der Waals surface area contributed by atoms with Gasteiger partial charge in [0.05, 0.1) is 12.2 Å². The molecule has 22 heavy (non-hydrogen) atoms. The van der Waals surface area contributed by atoms with E-state index in [2.05, 4.69) is 5.32 Å². The van der Waals surface area contributed by atoms with Gasteiger partial charge in [-0.2, -0.15) is 0 Å². The van der Waals surface area contributed by atoms with Crippen LogP contribution in [0.3, 0.4) is 0 Å². The lowest BCUT2D eigenvalue weighted by molar-refractivity contribution is -0.125. The van der Waals surface area contributed by atoms with Crippen molar-refractivity contribution in [3.05, 3.63) is 41.6 Å². The Bertz CT molecular complexity index is 634. The van der Waals surface area contributed by atoms with Gasteiger partial charge in [-0.15, -0.1) is 0 Å². The average molecular weight is 316 g/mol. The number of ether oxygens (including phenoxy) is 2. The van der Waals surface area contributed by atoms with Crippen LogP contribution in [0, 0.1) is 17.5 Å². The molecule has 0 unspecified atom stereocenters. The molecular formula is C13H11F3N2O4. The number of carbonyl (C=O) groups is 2. The van der Waals surface area contributed by atoms with Gasteiger partial charge in [-0.3, -0.25) is 9.59 Å². The summed E-state index contributed by atoms with van der Waals surface area (Å²) in [6.45, 7) is -0.00381. The number of nitrogens with one attached hydrogen (secondary N) is 2. The molecule has 0 atom stereocenters. The lowest BCUT2D eigenvalue weighted by atomic mass is 10.2. The van der Waals surface area contributed by atoms with Crippen LogP contribution in [-0.2, 0) is 19.1 Å². The van der Waals surface area contributed by atoms with Crippen molar-refractivity contribution < 1.29 is 32.2 Å². The van der Waals surface area contributed by atoms with Crippen LogP contribution >= 0.6 is 0 Å². The summed E-state index contributed by atoms with van der Waals surface area (Å²) in [7, 11) is 0. The van der Waals surface area contributed by atoms with E-state index in [0.717, 1.165) is 12.3 Å². The minimum Gasteiger partial charge on any atom is -0.494 e. The molecule has 1 aromatic rings. The highest BCUT2D eigenvalue weighted by Crippen LogP contribution is 2.19. The predicted molar refractivity (Wildman–Crippen MR) is 67.9 cm³/mol. The van der Waals surface area contributed by atoms with Crippen molar-refractivity contribution in [2.24, 2.45) is 0 Å². The van der Waals surface area contributed by atoms with Crippen LogP contribution < -0.4 is 10.6 Å². The minimum atomic E-state index is -1.69. The van der Waals surface area contributed by atoms with Gasteiger partial charge in [0.2, 0.25) is 11.7 Å². The molecule has 6 nitrogen and oxygen atoms in total. The quantitative estimate of drug-likeness (QED) is 0.814. The van der Waals surface area contributed by atoms with Crippen LogP contribution in [0.1, 0.15) is 0 Å². The van der Waals surface area contributed by atoms with Crippen molar-refractivity contribution in [1.29, 1.82) is 0 Å². The molecule has 0 bridgehead atoms. The van der Waals surface area contributed by atoms with Crippen LogP contribution in [0.5, 0.6) is 0 Å². The van der Waals surface area contributed by atoms with Gasteiger partial charge in [-0.05, 0) is 12.1 Å². The maximum atomic E-state index is 13.3. The molecule has 0 aromatic heterocycles. The monoisotopic (exact) mass is 316 g/mol. The normalized spacial score (nSPS) is 13.5. The number of amides is 2. The Labute approximate surface area is 122 Å². The van der Waals surface area contributed by atoms with Crippen LogP contribution in [0.25, 0.3) is 0 Å². The third-order valence-electron chi connectivity index (χ3n) is 2.59. The fraction of sp³-hybridized carbons (Fsp3) is 0.231. The summed E-state index contributed by atoms with van der Waals surface area (Å²) in [6.07, 6.45) is 1.10. The second kappa shape index (κ2) is 6.83. The number of rotatable bonds is 4. The molecule has 1 aliphatic rings. The first-order chi connectivity index (χ1) is 10.5. The maximum Gasteiger partial charge on any atom is 0.290 e. The van der Waals surface area contributed by atoms with Crippen LogP contribution in [0.15, 0.2) is 24.2 Å². The molecule has 118 valence electrons. The average Bonchev–Trinajstić information content (AvgIpc) is 2.54.